The molecule has 2 rings (SSSR count). The molecule has 0 amide bonds. The van der Waals surface area contributed by atoms with Crippen molar-refractivity contribution >= 4 is 28.2 Å². The van der Waals surface area contributed by atoms with Gasteiger partial charge in [0.25, 0.3) is 0 Å². The molecule has 0 aromatic heterocycles. The van der Waals surface area contributed by atoms with Gasteiger partial charge in [0, 0.05) is 6.54 Å². The molecular weight excluding hydrogens is 362 g/mol. The lowest BCUT2D eigenvalue weighted by atomic mass is 9.87. The molecule has 25 heavy (non-hydrogen) atoms. The molecule has 0 atom stereocenters. The van der Waals surface area contributed by atoms with Crippen molar-refractivity contribution in [2.75, 3.05) is 25.4 Å². The number of carboxylic acid groups (broad SMARTS) is 1. The summed E-state index contributed by atoms with van der Waals surface area (Å²) in [6.45, 7) is 8.03. The van der Waals surface area contributed by atoms with Crippen LogP contribution in [0.5, 0.6) is 0 Å². The van der Waals surface area contributed by atoms with Gasteiger partial charge in [-0.15, -0.1) is 12.4 Å². The molecule has 0 unspecified atom stereocenters. The predicted molar refractivity (Wildman–Crippen MR) is 101 cm³/mol. The zero-order valence-corrected chi connectivity index (χ0v) is 16.7. The summed E-state index contributed by atoms with van der Waals surface area (Å²) in [4.78, 5) is 13.3. The summed E-state index contributed by atoms with van der Waals surface area (Å²) in [5.74, 6) is -0.969. The quantitative estimate of drug-likeness (QED) is 0.837. The summed E-state index contributed by atoms with van der Waals surface area (Å²) in [5.41, 5.74) is 1.11. The first-order valence-electron chi connectivity index (χ1n) is 8.38. The van der Waals surface area contributed by atoms with Crippen LogP contribution in [0.3, 0.4) is 0 Å². The standard InChI is InChI=1S/C18H27NO4S.ClH/c1-18(2,3)15-4-6-16(7-5-15)24(22,23)13-12-19-10-8-14(9-11-19)17(20)21;/h4-7,14H,8-13H2,1-3H3,(H,20,21);1H. The van der Waals surface area contributed by atoms with Crippen LogP contribution in [0.15, 0.2) is 29.2 Å². The molecule has 1 fully saturated rings. The van der Waals surface area contributed by atoms with Gasteiger partial charge in [0.15, 0.2) is 9.84 Å². The van der Waals surface area contributed by atoms with E-state index in [4.69, 9.17) is 5.11 Å². The van der Waals surface area contributed by atoms with Gasteiger partial charge in [0.2, 0.25) is 0 Å². The van der Waals surface area contributed by atoms with E-state index in [-0.39, 0.29) is 29.5 Å². The Morgan fingerprint density at radius 3 is 2.12 bits per heavy atom. The highest BCUT2D eigenvalue weighted by atomic mass is 35.5. The molecule has 1 aliphatic heterocycles. The fourth-order valence-corrected chi connectivity index (χ4v) is 4.22. The highest BCUT2D eigenvalue weighted by Gasteiger charge is 2.25. The molecule has 1 aromatic carbocycles. The first-order valence-corrected chi connectivity index (χ1v) is 10.0. The number of hydrogen-bond donors (Lipinski definition) is 1. The Morgan fingerprint density at radius 1 is 1.16 bits per heavy atom. The lowest BCUT2D eigenvalue weighted by Crippen LogP contribution is -2.38. The number of hydrogen-bond acceptors (Lipinski definition) is 4. The fraction of sp³-hybridized carbons (Fsp3) is 0.611. The average Bonchev–Trinajstić information content (AvgIpc) is 2.53. The van der Waals surface area contributed by atoms with Crippen LogP contribution in [0.2, 0.25) is 0 Å². The molecule has 1 aromatic rings. The van der Waals surface area contributed by atoms with E-state index in [2.05, 4.69) is 20.8 Å². The minimum absolute atomic E-state index is 0. The van der Waals surface area contributed by atoms with E-state index in [1.807, 2.05) is 17.0 Å². The second-order valence-electron chi connectivity index (χ2n) is 7.55. The first-order chi connectivity index (χ1) is 11.1. The largest absolute Gasteiger partial charge is 0.481 e. The van der Waals surface area contributed by atoms with Crippen LogP contribution >= 0.6 is 12.4 Å². The van der Waals surface area contributed by atoms with Crippen molar-refractivity contribution in [2.45, 2.75) is 43.9 Å². The highest BCUT2D eigenvalue weighted by Crippen LogP contribution is 2.24. The third kappa shape index (κ3) is 5.97. The number of halogens is 1. The summed E-state index contributed by atoms with van der Waals surface area (Å²) < 4.78 is 25.0. The zero-order chi connectivity index (χ0) is 18.0. The van der Waals surface area contributed by atoms with Gasteiger partial charge in [-0.05, 0) is 49.0 Å². The summed E-state index contributed by atoms with van der Waals surface area (Å²) in [6.07, 6.45) is 1.19. The van der Waals surface area contributed by atoms with E-state index in [1.54, 1.807) is 12.1 Å². The van der Waals surface area contributed by atoms with Gasteiger partial charge in [-0.25, -0.2) is 8.42 Å². The molecule has 5 nitrogen and oxygen atoms in total. The number of nitrogens with zero attached hydrogens (tertiary/aromatic N) is 1. The maximum absolute atomic E-state index is 12.5. The van der Waals surface area contributed by atoms with Crippen LogP contribution in [0.1, 0.15) is 39.2 Å². The third-order valence-electron chi connectivity index (χ3n) is 4.69. The number of carboxylic acids is 1. The molecule has 1 aliphatic rings. The van der Waals surface area contributed by atoms with Crippen molar-refractivity contribution in [3.8, 4) is 0 Å². The second-order valence-corrected chi connectivity index (χ2v) is 9.66. The van der Waals surface area contributed by atoms with Crippen molar-refractivity contribution in [3.05, 3.63) is 29.8 Å². The van der Waals surface area contributed by atoms with Gasteiger partial charge in [0.05, 0.1) is 16.6 Å². The number of sulfone groups is 1. The SMILES string of the molecule is CC(C)(C)c1ccc(S(=O)(=O)CCN2CCC(C(=O)O)CC2)cc1.Cl. The number of aliphatic carboxylic acids is 1. The van der Waals surface area contributed by atoms with Crippen molar-refractivity contribution in [2.24, 2.45) is 5.92 Å². The van der Waals surface area contributed by atoms with Gasteiger partial charge in [0.1, 0.15) is 0 Å². The maximum Gasteiger partial charge on any atom is 0.306 e. The number of likely N-dealkylation sites (tertiary alicyclic amines) is 1. The molecule has 1 saturated heterocycles. The van der Waals surface area contributed by atoms with Crippen LogP contribution in [-0.2, 0) is 20.0 Å². The van der Waals surface area contributed by atoms with E-state index in [9.17, 15) is 13.2 Å². The molecule has 0 bridgehead atoms. The third-order valence-corrected chi connectivity index (χ3v) is 6.40. The van der Waals surface area contributed by atoms with Crippen LogP contribution in [0.4, 0.5) is 0 Å². The minimum Gasteiger partial charge on any atom is -0.481 e. The Kier molecular flexibility index (Phi) is 7.47. The summed E-state index contributed by atoms with van der Waals surface area (Å²) in [6, 6.07) is 7.13. The number of benzene rings is 1. The van der Waals surface area contributed by atoms with Gasteiger partial charge in [-0.2, -0.15) is 0 Å². The first kappa shape index (κ1) is 21.9. The summed E-state index contributed by atoms with van der Waals surface area (Å²) >= 11 is 0. The Balaban J connectivity index is 0.00000312. The number of piperidine rings is 1. The average molecular weight is 390 g/mol. The van der Waals surface area contributed by atoms with Crippen LogP contribution in [0, 0.1) is 5.92 Å². The molecule has 142 valence electrons. The van der Waals surface area contributed by atoms with E-state index in [1.165, 1.54) is 0 Å². The summed E-state index contributed by atoms with van der Waals surface area (Å²) in [7, 11) is -3.31. The Labute approximate surface area is 156 Å². The number of carbonyl (C=O) groups is 1. The predicted octanol–water partition coefficient (Wildman–Crippen LogP) is 2.98. The molecule has 1 heterocycles. The van der Waals surface area contributed by atoms with Crippen molar-refractivity contribution in [3.63, 3.8) is 0 Å². The van der Waals surface area contributed by atoms with Gasteiger partial charge in [-0.1, -0.05) is 32.9 Å². The molecule has 0 spiro atoms. The lowest BCUT2D eigenvalue weighted by molar-refractivity contribution is -0.143. The molecule has 0 saturated carbocycles. The minimum atomic E-state index is -3.31. The second kappa shape index (κ2) is 8.52. The topological polar surface area (TPSA) is 74.7 Å². The van der Waals surface area contributed by atoms with E-state index >= 15 is 0 Å². The molecule has 0 radical (unpaired) electrons. The van der Waals surface area contributed by atoms with Crippen molar-refractivity contribution in [1.29, 1.82) is 0 Å². The Morgan fingerprint density at radius 2 is 1.68 bits per heavy atom. The normalized spacial score (nSPS) is 17.1. The van der Waals surface area contributed by atoms with Gasteiger partial charge in [-0.3, -0.25) is 4.79 Å². The van der Waals surface area contributed by atoms with Crippen molar-refractivity contribution < 1.29 is 18.3 Å². The van der Waals surface area contributed by atoms with Crippen LogP contribution < -0.4 is 0 Å². The Bertz CT molecular complexity index is 672. The lowest BCUT2D eigenvalue weighted by Gasteiger charge is -2.29. The molecule has 1 N–H and O–H groups in total. The van der Waals surface area contributed by atoms with Gasteiger partial charge >= 0.3 is 5.97 Å². The molecular formula is C18H28ClNO4S. The maximum atomic E-state index is 12.5. The van der Waals surface area contributed by atoms with Gasteiger partial charge < -0.3 is 10.0 Å². The monoisotopic (exact) mass is 389 g/mol. The van der Waals surface area contributed by atoms with E-state index in [0.717, 1.165) is 5.56 Å². The van der Waals surface area contributed by atoms with Crippen LogP contribution in [0.25, 0.3) is 0 Å². The molecule has 0 aliphatic carbocycles. The molecule has 7 heteroatoms. The van der Waals surface area contributed by atoms with Crippen LogP contribution in [-0.4, -0.2) is 49.8 Å². The smallest absolute Gasteiger partial charge is 0.306 e. The summed E-state index contributed by atoms with van der Waals surface area (Å²) in [5, 5.41) is 9.00. The van der Waals surface area contributed by atoms with Crippen molar-refractivity contribution in [1.82, 2.24) is 4.90 Å². The fourth-order valence-electron chi connectivity index (χ4n) is 2.93. The number of rotatable bonds is 5. The van der Waals surface area contributed by atoms with E-state index < -0.39 is 15.8 Å². The zero-order valence-electron chi connectivity index (χ0n) is 15.1. The van der Waals surface area contributed by atoms with E-state index in [0.29, 0.717) is 37.4 Å². The highest BCUT2D eigenvalue weighted by molar-refractivity contribution is 7.91. The Hall–Kier alpha value is -1.11.